The molecule has 0 saturated heterocycles. The van der Waals surface area contributed by atoms with Gasteiger partial charge in [0.25, 0.3) is 0 Å². The zero-order valence-electron chi connectivity index (χ0n) is 21.5. The maximum atomic E-state index is 11.8. The Morgan fingerprint density at radius 2 is 1.16 bits per heavy atom. The molecule has 0 unspecified atom stereocenters. The van der Waals surface area contributed by atoms with Gasteiger partial charge in [-0.3, -0.25) is 0 Å². The van der Waals surface area contributed by atoms with Gasteiger partial charge in [0.15, 0.2) is 0 Å². The molecule has 184 valence electrons. The fraction of sp³-hybridized carbons (Fsp3) is 0.889. The van der Waals surface area contributed by atoms with Gasteiger partial charge in [-0.25, -0.2) is 0 Å². The number of allylic oxidation sites excluding steroid dienone is 2. The number of likely N-dealkylation sites (N-methyl/N-ethyl adjacent to an activating group) is 1. The molecule has 0 saturated carbocycles. The minimum atomic E-state index is 0.238. The van der Waals surface area contributed by atoms with Gasteiger partial charge in [-0.05, 0) is 32.1 Å². The molecule has 0 fully saturated rings. The van der Waals surface area contributed by atoms with E-state index >= 15 is 0 Å². The summed E-state index contributed by atoms with van der Waals surface area (Å²) in [5.41, 5.74) is 0.238. The van der Waals surface area contributed by atoms with E-state index in [0.717, 1.165) is 17.4 Å². The van der Waals surface area contributed by atoms with E-state index in [-0.39, 0.29) is 5.48 Å². The van der Waals surface area contributed by atoms with Gasteiger partial charge in [0.05, 0.1) is 21.1 Å². The first-order chi connectivity index (χ1) is 15.0. The summed E-state index contributed by atoms with van der Waals surface area (Å²) in [5, 5.41) is 11.8. The Morgan fingerprint density at radius 3 is 1.65 bits per heavy atom. The molecular weight excluding hydrogens is 401 g/mol. The van der Waals surface area contributed by atoms with Crippen molar-refractivity contribution in [3.05, 3.63) is 12.2 Å². The Labute approximate surface area is 197 Å². The highest BCUT2D eigenvalue weighted by Crippen LogP contribution is 2.13. The van der Waals surface area contributed by atoms with Crippen molar-refractivity contribution < 1.29 is 14.1 Å². The van der Waals surface area contributed by atoms with Gasteiger partial charge in [0, 0.05) is 8.43 Å². The summed E-state index contributed by atoms with van der Waals surface area (Å²) in [4.78, 5) is 0. The molecule has 4 heteroatoms. The van der Waals surface area contributed by atoms with Gasteiger partial charge in [-0.15, -0.1) is 5.48 Å². The summed E-state index contributed by atoms with van der Waals surface area (Å²) in [6.07, 6.45) is 28.1. The van der Waals surface area contributed by atoms with Crippen molar-refractivity contribution in [2.24, 2.45) is 0 Å². The van der Waals surface area contributed by atoms with Gasteiger partial charge in [-0.2, -0.15) is 0 Å². The second-order valence-corrected chi connectivity index (χ2v) is 11.0. The SMILES string of the molecule is CCCCCCCC/C=C\CCCCCCCCCCCC([O-])=POCC[N+](C)(C)C. The van der Waals surface area contributed by atoms with Gasteiger partial charge in [0.1, 0.15) is 13.2 Å². The number of quaternary nitrogens is 1. The van der Waals surface area contributed by atoms with Crippen molar-refractivity contribution in [1.82, 2.24) is 0 Å². The summed E-state index contributed by atoms with van der Waals surface area (Å²) >= 11 is 0. The smallest absolute Gasteiger partial charge is 0.106 e. The van der Waals surface area contributed by atoms with E-state index < -0.39 is 0 Å². The van der Waals surface area contributed by atoms with Gasteiger partial charge in [-0.1, -0.05) is 103 Å². The standard InChI is InChI=1S/C27H54NO2P/c1-5-6-7-8-9-10-11-12-13-14-15-16-17-18-19-20-21-22-23-24-27(29)31-30-26-25-28(2,3)4/h12-13H,5-11,14-26H2,1-4H3/b13-12-. The lowest BCUT2D eigenvalue weighted by atomic mass is 10.1. The molecular formula is C27H54NO2P. The van der Waals surface area contributed by atoms with Crippen LogP contribution in [0.1, 0.15) is 122 Å². The van der Waals surface area contributed by atoms with Crippen LogP contribution >= 0.6 is 8.43 Å². The lowest BCUT2D eigenvalue weighted by Crippen LogP contribution is -2.37. The molecule has 31 heavy (non-hydrogen) atoms. The molecule has 0 radical (unpaired) electrons. The first kappa shape index (κ1) is 30.8. The van der Waals surface area contributed by atoms with Gasteiger partial charge < -0.3 is 14.1 Å². The van der Waals surface area contributed by atoms with Crippen LogP contribution in [0, 0.1) is 0 Å². The third-order valence-electron chi connectivity index (χ3n) is 5.67. The molecule has 0 atom stereocenters. The first-order valence-electron chi connectivity index (χ1n) is 13.3. The fourth-order valence-electron chi connectivity index (χ4n) is 3.53. The molecule has 0 aromatic heterocycles. The second-order valence-electron chi connectivity index (χ2n) is 10.1. The lowest BCUT2D eigenvalue weighted by molar-refractivity contribution is -0.870. The Balaban J connectivity index is 3.26. The molecule has 3 nitrogen and oxygen atoms in total. The van der Waals surface area contributed by atoms with Crippen LogP contribution in [0.5, 0.6) is 0 Å². The third kappa shape index (κ3) is 27.8. The van der Waals surface area contributed by atoms with Crippen LogP contribution in [-0.2, 0) is 4.52 Å². The molecule has 0 aliphatic heterocycles. The molecule has 0 aromatic carbocycles. The van der Waals surface area contributed by atoms with Crippen LogP contribution in [0.3, 0.4) is 0 Å². The fourth-order valence-corrected chi connectivity index (χ4v) is 4.10. The van der Waals surface area contributed by atoms with Crippen molar-refractivity contribution >= 4 is 13.9 Å². The molecule has 0 aliphatic carbocycles. The van der Waals surface area contributed by atoms with Crippen molar-refractivity contribution in [1.29, 1.82) is 0 Å². The zero-order chi connectivity index (χ0) is 23.0. The average molecular weight is 456 g/mol. The van der Waals surface area contributed by atoms with E-state index in [2.05, 4.69) is 40.2 Å². The average Bonchev–Trinajstić information content (AvgIpc) is 2.72. The van der Waals surface area contributed by atoms with Crippen LogP contribution in [-0.4, -0.2) is 44.3 Å². The van der Waals surface area contributed by atoms with Gasteiger partial charge >= 0.3 is 0 Å². The molecule has 0 aliphatic rings. The van der Waals surface area contributed by atoms with Gasteiger partial charge in [0.2, 0.25) is 0 Å². The number of hydrogen-bond donors (Lipinski definition) is 0. The monoisotopic (exact) mass is 455 g/mol. The summed E-state index contributed by atoms with van der Waals surface area (Å²) < 4.78 is 6.34. The number of nitrogens with zero attached hydrogens (tertiary/aromatic N) is 1. The van der Waals surface area contributed by atoms with Crippen molar-refractivity contribution in [2.45, 2.75) is 122 Å². The Kier molecular flexibility index (Phi) is 22.8. The third-order valence-corrected chi connectivity index (χ3v) is 6.41. The largest absolute Gasteiger partial charge is 0.826 e. The van der Waals surface area contributed by atoms with Crippen LogP contribution < -0.4 is 5.11 Å². The Hall–Kier alpha value is -0.210. The quantitative estimate of drug-likeness (QED) is 0.0685. The van der Waals surface area contributed by atoms with Crippen molar-refractivity contribution in [3.8, 4) is 0 Å². The second kappa shape index (κ2) is 23.0. The van der Waals surface area contributed by atoms with E-state index in [1.807, 2.05) is 0 Å². The van der Waals surface area contributed by atoms with Crippen LogP contribution in [0.15, 0.2) is 12.2 Å². The Bertz CT molecular complexity index is 429. The highest BCUT2D eigenvalue weighted by Gasteiger charge is 2.04. The highest BCUT2D eigenvalue weighted by molar-refractivity contribution is 7.34. The topological polar surface area (TPSA) is 32.3 Å². The first-order valence-corrected chi connectivity index (χ1v) is 14.1. The zero-order valence-corrected chi connectivity index (χ0v) is 22.4. The van der Waals surface area contributed by atoms with Crippen molar-refractivity contribution in [2.75, 3.05) is 34.3 Å². The molecule has 0 bridgehead atoms. The maximum absolute atomic E-state index is 11.8. The summed E-state index contributed by atoms with van der Waals surface area (Å²) in [7, 11) is 6.96. The minimum absolute atomic E-state index is 0.238. The number of hydrogen-bond acceptors (Lipinski definition) is 2. The highest BCUT2D eigenvalue weighted by atomic mass is 31.1. The van der Waals surface area contributed by atoms with Crippen LogP contribution in [0.25, 0.3) is 0 Å². The number of rotatable bonds is 23. The van der Waals surface area contributed by atoms with E-state index in [1.54, 1.807) is 0 Å². The van der Waals surface area contributed by atoms with Crippen LogP contribution in [0.4, 0.5) is 0 Å². The van der Waals surface area contributed by atoms with Crippen LogP contribution in [0.2, 0.25) is 0 Å². The maximum Gasteiger partial charge on any atom is 0.106 e. The predicted octanol–water partition coefficient (Wildman–Crippen LogP) is 7.66. The van der Waals surface area contributed by atoms with E-state index in [4.69, 9.17) is 4.52 Å². The number of unbranched alkanes of at least 4 members (excludes halogenated alkanes) is 15. The van der Waals surface area contributed by atoms with E-state index in [0.29, 0.717) is 21.5 Å². The molecule has 0 rings (SSSR count). The lowest BCUT2D eigenvalue weighted by Gasteiger charge is -2.23. The normalized spacial score (nSPS) is 12.9. The predicted molar refractivity (Wildman–Crippen MR) is 139 cm³/mol. The van der Waals surface area contributed by atoms with E-state index in [1.165, 1.54) is 103 Å². The molecule has 0 amide bonds. The van der Waals surface area contributed by atoms with E-state index in [9.17, 15) is 5.11 Å². The molecule has 0 aromatic rings. The van der Waals surface area contributed by atoms with Crippen molar-refractivity contribution in [3.63, 3.8) is 0 Å². The molecule has 0 N–H and O–H groups in total. The molecule has 0 spiro atoms. The summed E-state index contributed by atoms with van der Waals surface area (Å²) in [5.74, 6) is 0. The molecule has 0 heterocycles. The summed E-state index contributed by atoms with van der Waals surface area (Å²) in [6, 6.07) is 0. The summed E-state index contributed by atoms with van der Waals surface area (Å²) in [6.45, 7) is 3.88. The Morgan fingerprint density at radius 1 is 0.710 bits per heavy atom. The minimum Gasteiger partial charge on any atom is -0.826 e.